The van der Waals surface area contributed by atoms with Gasteiger partial charge in [0.15, 0.2) is 4.34 Å². The molecule has 0 unspecified atom stereocenters. The van der Waals surface area contributed by atoms with Gasteiger partial charge in [0.1, 0.15) is 0 Å². The highest BCUT2D eigenvalue weighted by Crippen LogP contribution is 2.34. The zero-order chi connectivity index (χ0) is 20.5. The topological polar surface area (TPSA) is 87.2 Å². The van der Waals surface area contributed by atoms with E-state index >= 15 is 0 Å². The molecule has 28 heavy (non-hydrogen) atoms. The van der Waals surface area contributed by atoms with Crippen LogP contribution in [0.5, 0.6) is 0 Å². The molecule has 0 aliphatic heterocycles. The lowest BCUT2D eigenvalue weighted by Crippen LogP contribution is -2.14. The SMILES string of the molecule is CCCOC(=O)CSc1nc2cc(-n3nc(C(C)(C)C)oc3=O)c(Cl)cc2s1. The predicted octanol–water partition coefficient (Wildman–Crippen LogP) is 4.43. The Labute approximate surface area is 175 Å². The molecule has 2 aromatic heterocycles. The number of nitrogens with zero attached hydrogens (tertiary/aromatic N) is 3. The third-order valence-corrected chi connectivity index (χ3v) is 6.07. The fourth-order valence-corrected chi connectivity index (χ4v) is 4.45. The van der Waals surface area contributed by atoms with Gasteiger partial charge in [-0.15, -0.1) is 16.4 Å². The van der Waals surface area contributed by atoms with E-state index in [9.17, 15) is 9.59 Å². The van der Waals surface area contributed by atoms with Gasteiger partial charge in [-0.25, -0.2) is 9.78 Å². The number of hydrogen-bond donors (Lipinski definition) is 0. The summed E-state index contributed by atoms with van der Waals surface area (Å²) < 4.78 is 13.1. The average Bonchev–Trinajstić information content (AvgIpc) is 3.19. The molecule has 1 aromatic carbocycles. The van der Waals surface area contributed by atoms with Gasteiger partial charge in [0.25, 0.3) is 0 Å². The van der Waals surface area contributed by atoms with Gasteiger partial charge >= 0.3 is 11.7 Å². The van der Waals surface area contributed by atoms with Crippen molar-refractivity contribution in [1.82, 2.24) is 14.8 Å². The normalized spacial score (nSPS) is 11.9. The fraction of sp³-hybridized carbons (Fsp3) is 0.444. The molecule has 3 rings (SSSR count). The predicted molar refractivity (Wildman–Crippen MR) is 111 cm³/mol. The van der Waals surface area contributed by atoms with E-state index in [1.165, 1.54) is 23.1 Å². The Morgan fingerprint density at radius 3 is 2.79 bits per heavy atom. The van der Waals surface area contributed by atoms with E-state index in [1.54, 1.807) is 12.1 Å². The second kappa shape index (κ2) is 8.26. The summed E-state index contributed by atoms with van der Waals surface area (Å²) in [6.45, 7) is 8.08. The second-order valence-electron chi connectivity index (χ2n) is 7.10. The number of ether oxygens (including phenoxy) is 1. The third-order valence-electron chi connectivity index (χ3n) is 3.64. The summed E-state index contributed by atoms with van der Waals surface area (Å²) in [6.07, 6.45) is 0.789. The van der Waals surface area contributed by atoms with Gasteiger partial charge in [-0.1, -0.05) is 51.1 Å². The zero-order valence-corrected chi connectivity index (χ0v) is 18.3. The molecule has 0 bridgehead atoms. The van der Waals surface area contributed by atoms with E-state index in [4.69, 9.17) is 20.8 Å². The number of carbonyl (C=O) groups excluding carboxylic acids is 1. The minimum absolute atomic E-state index is 0.193. The summed E-state index contributed by atoms with van der Waals surface area (Å²) in [5.41, 5.74) is 0.668. The molecule has 7 nitrogen and oxygen atoms in total. The summed E-state index contributed by atoms with van der Waals surface area (Å²) in [6, 6.07) is 3.44. The molecule has 150 valence electrons. The van der Waals surface area contributed by atoms with Crippen LogP contribution in [0.4, 0.5) is 0 Å². The minimum Gasteiger partial charge on any atom is -0.465 e. The average molecular weight is 442 g/mol. The van der Waals surface area contributed by atoms with Crippen LogP contribution in [0.2, 0.25) is 5.02 Å². The molecule has 0 saturated heterocycles. The van der Waals surface area contributed by atoms with Crippen molar-refractivity contribution in [2.75, 3.05) is 12.4 Å². The lowest BCUT2D eigenvalue weighted by atomic mass is 9.97. The van der Waals surface area contributed by atoms with Crippen molar-refractivity contribution in [3.63, 3.8) is 0 Å². The summed E-state index contributed by atoms with van der Waals surface area (Å²) in [4.78, 5) is 28.4. The maximum atomic E-state index is 12.2. The van der Waals surface area contributed by atoms with Crippen molar-refractivity contribution in [1.29, 1.82) is 0 Å². The molecule has 0 fully saturated rings. The molecular formula is C18H20ClN3O4S2. The number of fused-ring (bicyclic) bond motifs is 1. The molecule has 0 radical (unpaired) electrons. The number of hydrogen-bond acceptors (Lipinski definition) is 8. The molecule has 0 spiro atoms. The number of thiazole rings is 1. The molecule has 0 N–H and O–H groups in total. The van der Waals surface area contributed by atoms with E-state index in [2.05, 4.69) is 10.1 Å². The standard InChI is InChI=1S/C18H20ClN3O4S2/c1-5-6-25-14(23)9-27-16-20-11-8-12(10(19)7-13(11)28-16)22-17(24)26-15(21-22)18(2,3)4/h7-8H,5-6,9H2,1-4H3. The molecule has 0 saturated carbocycles. The van der Waals surface area contributed by atoms with Crippen molar-refractivity contribution in [3.05, 3.63) is 33.6 Å². The Morgan fingerprint density at radius 2 is 2.14 bits per heavy atom. The number of carbonyl (C=O) groups is 1. The zero-order valence-electron chi connectivity index (χ0n) is 15.9. The number of aromatic nitrogens is 3. The van der Waals surface area contributed by atoms with Crippen LogP contribution < -0.4 is 5.76 Å². The third kappa shape index (κ3) is 4.59. The molecule has 10 heteroatoms. The van der Waals surface area contributed by atoms with E-state index < -0.39 is 11.2 Å². The van der Waals surface area contributed by atoms with E-state index in [-0.39, 0.29) is 11.7 Å². The first-order chi connectivity index (χ1) is 13.2. The highest BCUT2D eigenvalue weighted by atomic mass is 35.5. The molecule has 3 aromatic rings. The number of halogens is 1. The highest BCUT2D eigenvalue weighted by molar-refractivity contribution is 8.01. The number of thioether (sulfide) groups is 1. The molecule has 2 heterocycles. The van der Waals surface area contributed by atoms with Gasteiger partial charge in [-0.2, -0.15) is 4.68 Å². The Balaban J connectivity index is 1.88. The Hall–Kier alpha value is -1.84. The minimum atomic E-state index is -0.602. The van der Waals surface area contributed by atoms with Crippen LogP contribution in [0.3, 0.4) is 0 Å². The van der Waals surface area contributed by atoms with Gasteiger partial charge in [-0.3, -0.25) is 4.79 Å². The summed E-state index contributed by atoms with van der Waals surface area (Å²) in [5.74, 6) is -0.352. The lowest BCUT2D eigenvalue weighted by Gasteiger charge is -2.11. The van der Waals surface area contributed by atoms with Crippen LogP contribution in [0.15, 0.2) is 25.7 Å². The molecular weight excluding hydrogens is 422 g/mol. The first-order valence-electron chi connectivity index (χ1n) is 8.68. The fourth-order valence-electron chi connectivity index (χ4n) is 2.25. The highest BCUT2D eigenvalue weighted by Gasteiger charge is 2.24. The van der Waals surface area contributed by atoms with E-state index in [0.717, 1.165) is 20.1 Å². The van der Waals surface area contributed by atoms with Gasteiger partial charge in [-0.05, 0) is 18.6 Å². The number of benzene rings is 1. The van der Waals surface area contributed by atoms with Crippen LogP contribution in [-0.2, 0) is 14.9 Å². The van der Waals surface area contributed by atoms with Crippen molar-refractivity contribution >= 4 is 50.9 Å². The van der Waals surface area contributed by atoms with Gasteiger partial charge in [0.05, 0.1) is 33.3 Å². The van der Waals surface area contributed by atoms with Crippen LogP contribution in [0.1, 0.15) is 40.0 Å². The van der Waals surface area contributed by atoms with Crippen LogP contribution in [-0.4, -0.2) is 33.1 Å². The first kappa shape index (κ1) is 20.9. The van der Waals surface area contributed by atoms with Crippen LogP contribution >= 0.6 is 34.7 Å². The van der Waals surface area contributed by atoms with Crippen molar-refractivity contribution in [2.45, 2.75) is 43.9 Å². The molecule has 0 aliphatic rings. The van der Waals surface area contributed by atoms with Gasteiger partial charge in [0, 0.05) is 5.41 Å². The maximum Gasteiger partial charge on any atom is 0.442 e. The Kier molecular flexibility index (Phi) is 6.16. The Bertz CT molecular complexity index is 1070. The quantitative estimate of drug-likeness (QED) is 0.413. The van der Waals surface area contributed by atoms with Gasteiger partial charge < -0.3 is 9.15 Å². The number of esters is 1. The summed E-state index contributed by atoms with van der Waals surface area (Å²) >= 11 is 9.12. The van der Waals surface area contributed by atoms with Crippen molar-refractivity contribution < 1.29 is 13.9 Å². The first-order valence-corrected chi connectivity index (χ1v) is 10.9. The van der Waals surface area contributed by atoms with Crippen LogP contribution in [0, 0.1) is 0 Å². The monoisotopic (exact) mass is 441 g/mol. The summed E-state index contributed by atoms with van der Waals surface area (Å²) in [5, 5.41) is 4.64. The van der Waals surface area contributed by atoms with E-state index in [0.29, 0.717) is 28.7 Å². The second-order valence-corrected chi connectivity index (χ2v) is 9.76. The van der Waals surface area contributed by atoms with Crippen LogP contribution in [0.25, 0.3) is 15.9 Å². The number of rotatable bonds is 6. The lowest BCUT2D eigenvalue weighted by molar-refractivity contribution is -0.140. The van der Waals surface area contributed by atoms with Crippen molar-refractivity contribution in [3.8, 4) is 5.69 Å². The molecule has 0 amide bonds. The maximum absolute atomic E-state index is 12.2. The van der Waals surface area contributed by atoms with Crippen molar-refractivity contribution in [2.24, 2.45) is 0 Å². The molecule has 0 aliphatic carbocycles. The molecule has 0 atom stereocenters. The Morgan fingerprint density at radius 1 is 1.39 bits per heavy atom. The summed E-state index contributed by atoms with van der Waals surface area (Å²) in [7, 11) is 0. The smallest absolute Gasteiger partial charge is 0.442 e. The van der Waals surface area contributed by atoms with E-state index in [1.807, 2.05) is 27.7 Å². The van der Waals surface area contributed by atoms with Gasteiger partial charge in [0.2, 0.25) is 5.89 Å². The largest absolute Gasteiger partial charge is 0.465 e.